The van der Waals surface area contributed by atoms with Crippen molar-refractivity contribution in [1.82, 2.24) is 4.72 Å². The van der Waals surface area contributed by atoms with E-state index in [2.05, 4.69) is 10.0 Å². The molecule has 5 nitrogen and oxygen atoms in total. The second kappa shape index (κ2) is 6.58. The molecule has 2 aromatic rings. The predicted molar refractivity (Wildman–Crippen MR) is 78.2 cm³/mol. The minimum Gasteiger partial charge on any atom is -0.469 e. The van der Waals surface area contributed by atoms with Crippen molar-refractivity contribution in [1.29, 1.82) is 0 Å². The van der Waals surface area contributed by atoms with Crippen molar-refractivity contribution in [2.45, 2.75) is 18.2 Å². The molecule has 20 heavy (non-hydrogen) atoms. The molecule has 1 aromatic heterocycles. The quantitative estimate of drug-likeness (QED) is 0.821. The summed E-state index contributed by atoms with van der Waals surface area (Å²) in [4.78, 5) is 0.263. The van der Waals surface area contributed by atoms with Gasteiger partial charge in [0, 0.05) is 25.2 Å². The fourth-order valence-corrected chi connectivity index (χ4v) is 2.83. The van der Waals surface area contributed by atoms with Gasteiger partial charge in [-0.05, 0) is 43.3 Å². The zero-order valence-electron chi connectivity index (χ0n) is 11.3. The lowest BCUT2D eigenvalue weighted by atomic mass is 10.3. The standard InChI is InChI=1S/C14H18N2O3S/c1-2-15-12-5-7-14(8-6-12)20(17,18)16-10-9-13-4-3-11-19-13/h3-8,11,15-16H,2,9-10H2,1H3. The molecule has 0 saturated carbocycles. The first kappa shape index (κ1) is 14.6. The highest BCUT2D eigenvalue weighted by Crippen LogP contribution is 2.13. The summed E-state index contributed by atoms with van der Waals surface area (Å²) in [6.45, 7) is 3.10. The van der Waals surface area contributed by atoms with Gasteiger partial charge in [0.2, 0.25) is 10.0 Å². The molecule has 108 valence electrons. The van der Waals surface area contributed by atoms with Crippen LogP contribution in [-0.2, 0) is 16.4 Å². The number of rotatable bonds is 7. The van der Waals surface area contributed by atoms with E-state index in [1.54, 1.807) is 36.6 Å². The van der Waals surface area contributed by atoms with Gasteiger partial charge < -0.3 is 9.73 Å². The fraction of sp³-hybridized carbons (Fsp3) is 0.286. The normalized spacial score (nSPS) is 11.4. The smallest absolute Gasteiger partial charge is 0.240 e. The highest BCUT2D eigenvalue weighted by Gasteiger charge is 2.13. The van der Waals surface area contributed by atoms with E-state index in [9.17, 15) is 8.42 Å². The van der Waals surface area contributed by atoms with E-state index in [4.69, 9.17) is 4.42 Å². The Morgan fingerprint density at radius 2 is 1.90 bits per heavy atom. The highest BCUT2D eigenvalue weighted by atomic mass is 32.2. The largest absolute Gasteiger partial charge is 0.469 e. The number of hydrogen-bond acceptors (Lipinski definition) is 4. The van der Waals surface area contributed by atoms with Crippen LogP contribution in [0.5, 0.6) is 0 Å². The van der Waals surface area contributed by atoms with Crippen LogP contribution >= 0.6 is 0 Å². The third-order valence-electron chi connectivity index (χ3n) is 2.79. The van der Waals surface area contributed by atoms with E-state index in [0.717, 1.165) is 18.0 Å². The number of benzene rings is 1. The van der Waals surface area contributed by atoms with Gasteiger partial charge in [-0.1, -0.05) is 0 Å². The van der Waals surface area contributed by atoms with Gasteiger partial charge >= 0.3 is 0 Å². The van der Waals surface area contributed by atoms with Crippen LogP contribution in [-0.4, -0.2) is 21.5 Å². The van der Waals surface area contributed by atoms with Gasteiger partial charge in [0.25, 0.3) is 0 Å². The number of furan rings is 1. The first-order chi connectivity index (χ1) is 9.62. The van der Waals surface area contributed by atoms with Crippen LogP contribution in [0.2, 0.25) is 0 Å². The lowest BCUT2D eigenvalue weighted by Crippen LogP contribution is -2.25. The topological polar surface area (TPSA) is 71.3 Å². The number of nitrogens with one attached hydrogen (secondary N) is 2. The monoisotopic (exact) mass is 294 g/mol. The Morgan fingerprint density at radius 3 is 2.50 bits per heavy atom. The molecule has 0 aliphatic carbocycles. The molecule has 0 spiro atoms. The third-order valence-corrected chi connectivity index (χ3v) is 4.27. The van der Waals surface area contributed by atoms with Crippen LogP contribution in [0.4, 0.5) is 5.69 Å². The minimum absolute atomic E-state index is 0.263. The van der Waals surface area contributed by atoms with E-state index in [1.165, 1.54) is 0 Å². The molecular weight excluding hydrogens is 276 g/mol. The van der Waals surface area contributed by atoms with E-state index in [-0.39, 0.29) is 4.90 Å². The Labute approximate surface area is 119 Å². The summed E-state index contributed by atoms with van der Waals surface area (Å²) < 4.78 is 31.8. The average molecular weight is 294 g/mol. The summed E-state index contributed by atoms with van der Waals surface area (Å²) in [5.41, 5.74) is 0.905. The second-order valence-corrected chi connectivity index (χ2v) is 6.05. The Bertz CT molecular complexity index is 619. The summed E-state index contributed by atoms with van der Waals surface area (Å²) in [5, 5.41) is 3.12. The summed E-state index contributed by atoms with van der Waals surface area (Å²) in [6, 6.07) is 10.3. The maximum absolute atomic E-state index is 12.1. The number of anilines is 1. The maximum atomic E-state index is 12.1. The van der Waals surface area contributed by atoms with Crippen LogP contribution in [0.1, 0.15) is 12.7 Å². The van der Waals surface area contributed by atoms with Crippen molar-refractivity contribution >= 4 is 15.7 Å². The molecule has 0 saturated heterocycles. The first-order valence-electron chi connectivity index (χ1n) is 6.48. The molecule has 1 heterocycles. The third kappa shape index (κ3) is 3.85. The Balaban J connectivity index is 1.95. The molecule has 0 aliphatic heterocycles. The molecule has 0 radical (unpaired) electrons. The molecule has 0 unspecified atom stereocenters. The van der Waals surface area contributed by atoms with E-state index >= 15 is 0 Å². The molecule has 0 amide bonds. The summed E-state index contributed by atoms with van der Waals surface area (Å²) in [7, 11) is -3.46. The minimum atomic E-state index is -3.46. The number of sulfonamides is 1. The summed E-state index contributed by atoms with van der Waals surface area (Å²) >= 11 is 0. The average Bonchev–Trinajstić information content (AvgIpc) is 2.93. The van der Waals surface area contributed by atoms with Crippen molar-refractivity contribution in [3.05, 3.63) is 48.4 Å². The molecule has 2 rings (SSSR count). The molecule has 1 aromatic carbocycles. The fourth-order valence-electron chi connectivity index (χ4n) is 1.80. The van der Waals surface area contributed by atoms with Crippen molar-refractivity contribution in [2.75, 3.05) is 18.4 Å². The first-order valence-corrected chi connectivity index (χ1v) is 7.96. The highest BCUT2D eigenvalue weighted by molar-refractivity contribution is 7.89. The SMILES string of the molecule is CCNc1ccc(S(=O)(=O)NCCc2ccco2)cc1. The van der Waals surface area contributed by atoms with E-state index in [1.807, 2.05) is 13.0 Å². The molecule has 6 heteroatoms. The molecule has 0 aliphatic rings. The zero-order valence-corrected chi connectivity index (χ0v) is 12.1. The number of hydrogen-bond donors (Lipinski definition) is 2. The van der Waals surface area contributed by atoms with Crippen molar-refractivity contribution in [3.63, 3.8) is 0 Å². The molecule has 0 atom stereocenters. The summed E-state index contributed by atoms with van der Waals surface area (Å²) in [5.74, 6) is 0.759. The van der Waals surface area contributed by atoms with Crippen LogP contribution < -0.4 is 10.0 Å². The Hall–Kier alpha value is -1.79. The molecular formula is C14H18N2O3S. The summed E-state index contributed by atoms with van der Waals surface area (Å²) in [6.07, 6.45) is 2.10. The molecule has 2 N–H and O–H groups in total. The lowest BCUT2D eigenvalue weighted by molar-refractivity contribution is 0.506. The van der Waals surface area contributed by atoms with Crippen molar-refractivity contribution in [2.24, 2.45) is 0 Å². The van der Waals surface area contributed by atoms with Crippen LogP contribution in [0, 0.1) is 0 Å². The maximum Gasteiger partial charge on any atom is 0.240 e. The van der Waals surface area contributed by atoms with Crippen LogP contribution in [0.3, 0.4) is 0 Å². The Kier molecular flexibility index (Phi) is 4.81. The van der Waals surface area contributed by atoms with Crippen molar-refractivity contribution < 1.29 is 12.8 Å². The lowest BCUT2D eigenvalue weighted by Gasteiger charge is -2.07. The van der Waals surface area contributed by atoms with Gasteiger partial charge in [0.1, 0.15) is 5.76 Å². The van der Waals surface area contributed by atoms with Crippen LogP contribution in [0.15, 0.2) is 52.0 Å². The second-order valence-electron chi connectivity index (χ2n) is 4.28. The van der Waals surface area contributed by atoms with E-state index < -0.39 is 10.0 Å². The van der Waals surface area contributed by atoms with E-state index in [0.29, 0.717) is 13.0 Å². The zero-order chi connectivity index (χ0) is 14.4. The van der Waals surface area contributed by atoms with Gasteiger partial charge in [-0.25, -0.2) is 13.1 Å². The molecule has 0 bridgehead atoms. The van der Waals surface area contributed by atoms with Gasteiger partial charge in [0.15, 0.2) is 0 Å². The van der Waals surface area contributed by atoms with Crippen LogP contribution in [0.25, 0.3) is 0 Å². The van der Waals surface area contributed by atoms with Crippen molar-refractivity contribution in [3.8, 4) is 0 Å². The van der Waals surface area contributed by atoms with Gasteiger partial charge in [-0.15, -0.1) is 0 Å². The Morgan fingerprint density at radius 1 is 1.15 bits per heavy atom. The van der Waals surface area contributed by atoms with Gasteiger partial charge in [-0.3, -0.25) is 0 Å². The van der Waals surface area contributed by atoms with Gasteiger partial charge in [0.05, 0.1) is 11.2 Å². The van der Waals surface area contributed by atoms with Gasteiger partial charge in [-0.2, -0.15) is 0 Å². The predicted octanol–water partition coefficient (Wildman–Crippen LogP) is 2.23. The molecule has 0 fully saturated rings.